The second kappa shape index (κ2) is 9.88. The number of benzene rings is 2. The first kappa shape index (κ1) is 22.7. The summed E-state index contributed by atoms with van der Waals surface area (Å²) >= 11 is 0. The Morgan fingerprint density at radius 2 is 1.68 bits per heavy atom. The van der Waals surface area contributed by atoms with Gasteiger partial charge < -0.3 is 24.6 Å². The first-order chi connectivity index (χ1) is 14.9. The molecular weight excluding hydrogens is 394 g/mol. The molecule has 0 radical (unpaired) electrons. The number of carboxylic acid groups (broad SMARTS) is 1. The Hall–Kier alpha value is -2.99. The Kier molecular flexibility index (Phi) is 7.23. The zero-order chi connectivity index (χ0) is 22.5. The summed E-state index contributed by atoms with van der Waals surface area (Å²) < 4.78 is 16.9. The first-order valence-electron chi connectivity index (χ1n) is 10.5. The van der Waals surface area contributed by atoms with Crippen LogP contribution in [0.5, 0.6) is 11.5 Å². The molecule has 0 aliphatic carbocycles. The number of anilines is 1. The molecule has 31 heavy (non-hydrogen) atoms. The number of ether oxygens (including phenoxy) is 3. The molecule has 0 spiro atoms. The normalized spacial score (nSPS) is 14.9. The summed E-state index contributed by atoms with van der Waals surface area (Å²) in [6.07, 6.45) is 3.66. The van der Waals surface area contributed by atoms with Gasteiger partial charge in [0, 0.05) is 52.8 Å². The highest BCUT2D eigenvalue weighted by molar-refractivity contribution is 5.93. The van der Waals surface area contributed by atoms with E-state index in [9.17, 15) is 9.90 Å². The molecule has 2 aromatic carbocycles. The summed E-state index contributed by atoms with van der Waals surface area (Å²) in [6.45, 7) is 7.06. The number of rotatable bonds is 7. The van der Waals surface area contributed by atoms with Crippen molar-refractivity contribution in [2.75, 3.05) is 32.8 Å². The minimum atomic E-state index is -0.963. The van der Waals surface area contributed by atoms with Crippen LogP contribution in [0.4, 0.5) is 5.69 Å². The average Bonchev–Trinajstić information content (AvgIpc) is 2.77. The Morgan fingerprint density at radius 3 is 2.23 bits per heavy atom. The van der Waals surface area contributed by atoms with Gasteiger partial charge in [-0.25, -0.2) is 4.79 Å². The standard InChI is InChI=1S/C25H31NO5/c1-15(25(27)28)14-21-16(2)24(30-5)22(17(3)23(21)29-4)18-6-8-19(9-7-18)26-20-10-12-31-13-11-20/h6-9,14,20,26H,10-13H2,1-5H3,(H,27,28). The van der Waals surface area contributed by atoms with Gasteiger partial charge in [-0.3, -0.25) is 0 Å². The maximum absolute atomic E-state index is 11.4. The first-order valence-corrected chi connectivity index (χ1v) is 10.5. The van der Waals surface area contributed by atoms with E-state index in [0.29, 0.717) is 17.5 Å². The summed E-state index contributed by atoms with van der Waals surface area (Å²) in [4.78, 5) is 11.4. The van der Waals surface area contributed by atoms with Crippen LogP contribution in [-0.2, 0) is 9.53 Å². The molecular formula is C25H31NO5. The van der Waals surface area contributed by atoms with Gasteiger partial charge in [0.2, 0.25) is 0 Å². The molecule has 1 aliphatic heterocycles. The Morgan fingerprint density at radius 1 is 1.06 bits per heavy atom. The van der Waals surface area contributed by atoms with Crippen molar-refractivity contribution in [2.24, 2.45) is 0 Å². The Labute approximate surface area is 183 Å². The monoisotopic (exact) mass is 425 g/mol. The van der Waals surface area contributed by atoms with Crippen LogP contribution in [0, 0.1) is 13.8 Å². The molecule has 0 aromatic heterocycles. The number of nitrogens with one attached hydrogen (secondary N) is 1. The van der Waals surface area contributed by atoms with Crippen LogP contribution >= 0.6 is 0 Å². The third-order valence-corrected chi connectivity index (χ3v) is 5.80. The van der Waals surface area contributed by atoms with Crippen molar-refractivity contribution in [1.29, 1.82) is 0 Å². The smallest absolute Gasteiger partial charge is 0.331 e. The minimum Gasteiger partial charge on any atom is -0.496 e. The van der Waals surface area contributed by atoms with E-state index < -0.39 is 5.97 Å². The van der Waals surface area contributed by atoms with Crippen LogP contribution in [0.15, 0.2) is 29.8 Å². The fourth-order valence-corrected chi connectivity index (χ4v) is 4.09. The molecule has 6 heteroatoms. The van der Waals surface area contributed by atoms with Gasteiger partial charge in [-0.2, -0.15) is 0 Å². The zero-order valence-electron chi connectivity index (χ0n) is 18.9. The van der Waals surface area contributed by atoms with E-state index in [4.69, 9.17) is 14.2 Å². The van der Waals surface area contributed by atoms with Gasteiger partial charge in [-0.15, -0.1) is 0 Å². The van der Waals surface area contributed by atoms with Gasteiger partial charge in [0.05, 0.1) is 14.2 Å². The molecule has 2 N–H and O–H groups in total. The summed E-state index contributed by atoms with van der Waals surface area (Å²) in [5.74, 6) is 0.404. The zero-order valence-corrected chi connectivity index (χ0v) is 18.9. The summed E-state index contributed by atoms with van der Waals surface area (Å²) in [6, 6.07) is 8.73. The van der Waals surface area contributed by atoms with E-state index in [1.807, 2.05) is 13.8 Å². The van der Waals surface area contributed by atoms with Crippen molar-refractivity contribution in [3.63, 3.8) is 0 Å². The summed E-state index contributed by atoms with van der Waals surface area (Å²) in [7, 11) is 3.24. The molecule has 0 atom stereocenters. The molecule has 0 unspecified atom stereocenters. The van der Waals surface area contributed by atoms with Crippen molar-refractivity contribution in [3.05, 3.63) is 46.5 Å². The molecule has 1 saturated heterocycles. The largest absolute Gasteiger partial charge is 0.496 e. The van der Waals surface area contributed by atoms with Crippen molar-refractivity contribution < 1.29 is 24.1 Å². The molecule has 0 saturated carbocycles. The lowest BCUT2D eigenvalue weighted by molar-refractivity contribution is -0.132. The average molecular weight is 426 g/mol. The highest BCUT2D eigenvalue weighted by atomic mass is 16.5. The number of methoxy groups -OCH3 is 2. The van der Waals surface area contributed by atoms with E-state index in [-0.39, 0.29) is 5.57 Å². The maximum atomic E-state index is 11.4. The van der Waals surface area contributed by atoms with Crippen molar-refractivity contribution in [1.82, 2.24) is 0 Å². The molecule has 1 heterocycles. The second-order valence-electron chi connectivity index (χ2n) is 7.85. The van der Waals surface area contributed by atoms with E-state index in [1.165, 1.54) is 0 Å². The Balaban J connectivity index is 2.03. The van der Waals surface area contributed by atoms with Gasteiger partial charge in [0.15, 0.2) is 0 Å². The van der Waals surface area contributed by atoms with Crippen LogP contribution in [-0.4, -0.2) is 44.6 Å². The number of hydrogen-bond acceptors (Lipinski definition) is 5. The van der Waals surface area contributed by atoms with Crippen LogP contribution in [0.3, 0.4) is 0 Å². The highest BCUT2D eigenvalue weighted by Gasteiger charge is 2.22. The lowest BCUT2D eigenvalue weighted by Gasteiger charge is -2.24. The van der Waals surface area contributed by atoms with Crippen LogP contribution in [0.2, 0.25) is 0 Å². The highest BCUT2D eigenvalue weighted by Crippen LogP contribution is 2.44. The number of carbonyl (C=O) groups is 1. The predicted molar refractivity (Wildman–Crippen MR) is 123 cm³/mol. The van der Waals surface area contributed by atoms with Gasteiger partial charge in [-0.05, 0) is 57.4 Å². The van der Waals surface area contributed by atoms with Gasteiger partial charge in [0.25, 0.3) is 0 Å². The van der Waals surface area contributed by atoms with Crippen molar-refractivity contribution in [2.45, 2.75) is 39.7 Å². The van der Waals surface area contributed by atoms with E-state index >= 15 is 0 Å². The van der Waals surface area contributed by atoms with Gasteiger partial charge in [0.1, 0.15) is 11.5 Å². The van der Waals surface area contributed by atoms with Crippen molar-refractivity contribution >= 4 is 17.7 Å². The summed E-state index contributed by atoms with van der Waals surface area (Å²) in [5, 5.41) is 12.9. The molecule has 0 bridgehead atoms. The van der Waals surface area contributed by atoms with Gasteiger partial charge in [-0.1, -0.05) is 12.1 Å². The second-order valence-corrected chi connectivity index (χ2v) is 7.85. The van der Waals surface area contributed by atoms with Crippen molar-refractivity contribution in [3.8, 4) is 22.6 Å². The molecule has 166 valence electrons. The fourth-order valence-electron chi connectivity index (χ4n) is 4.09. The molecule has 2 aromatic rings. The third kappa shape index (κ3) is 4.85. The third-order valence-electron chi connectivity index (χ3n) is 5.80. The predicted octanol–water partition coefficient (Wildman–Crippen LogP) is 5.07. The molecule has 1 fully saturated rings. The lowest BCUT2D eigenvalue weighted by Crippen LogP contribution is -2.27. The maximum Gasteiger partial charge on any atom is 0.331 e. The molecule has 3 rings (SSSR count). The number of carboxylic acids is 1. The van der Waals surface area contributed by atoms with Crippen LogP contribution < -0.4 is 14.8 Å². The number of aliphatic carboxylic acids is 1. The fraction of sp³-hybridized carbons (Fsp3) is 0.400. The lowest BCUT2D eigenvalue weighted by atomic mass is 9.91. The molecule has 1 aliphatic rings. The van der Waals surface area contributed by atoms with E-state index in [2.05, 4.69) is 29.6 Å². The SMILES string of the molecule is COc1c(C)c(-c2ccc(NC3CCOCC3)cc2)c(OC)c(C)c1C=C(C)C(=O)O. The van der Waals surface area contributed by atoms with Crippen LogP contribution in [0.25, 0.3) is 17.2 Å². The molecule has 6 nitrogen and oxygen atoms in total. The van der Waals surface area contributed by atoms with E-state index in [0.717, 1.165) is 59.6 Å². The number of hydrogen-bond donors (Lipinski definition) is 2. The summed E-state index contributed by atoms with van der Waals surface area (Å²) in [5.41, 5.74) is 5.73. The topological polar surface area (TPSA) is 77.0 Å². The molecule has 0 amide bonds. The Bertz CT molecular complexity index is 973. The van der Waals surface area contributed by atoms with Crippen LogP contribution in [0.1, 0.15) is 36.5 Å². The van der Waals surface area contributed by atoms with Gasteiger partial charge >= 0.3 is 5.97 Å². The van der Waals surface area contributed by atoms with E-state index in [1.54, 1.807) is 27.2 Å². The quantitative estimate of drug-likeness (QED) is 0.604. The minimum absolute atomic E-state index is 0.235.